The number of anilines is 2. The SMILES string of the molecule is CCOP(=O)(Cc1ccc(NS(=O)(=O)c2cc(C(=O)Nc3ccc(Br)cc3C(=O)O)sc2C)cc1)OCC. The Morgan fingerprint density at radius 3 is 2.26 bits per heavy atom. The van der Waals surface area contributed by atoms with Crippen LogP contribution >= 0.6 is 34.9 Å². The molecule has 0 saturated carbocycles. The standard InChI is InChI=1S/C24H26BrN2O8PS2/c1-4-34-36(31,35-5-2)14-16-6-9-18(10-7-16)27-38(32,33)22-13-21(37-15(22)3)23(28)26-20-11-8-17(25)12-19(20)24(29)30/h6-13,27H,4-5,14H2,1-3H3,(H,26,28)(H,29,30). The van der Waals surface area contributed by atoms with E-state index in [0.29, 0.717) is 14.9 Å². The van der Waals surface area contributed by atoms with Gasteiger partial charge in [0.1, 0.15) is 4.90 Å². The molecule has 0 radical (unpaired) electrons. The van der Waals surface area contributed by atoms with Gasteiger partial charge in [-0.05, 0) is 62.7 Å². The van der Waals surface area contributed by atoms with Crippen LogP contribution in [0.1, 0.15) is 44.3 Å². The summed E-state index contributed by atoms with van der Waals surface area (Å²) in [5.41, 5.74) is 0.891. The number of aryl methyl sites for hydroxylation is 1. The lowest BCUT2D eigenvalue weighted by Crippen LogP contribution is -2.15. The highest BCUT2D eigenvalue weighted by atomic mass is 79.9. The molecule has 2 aromatic carbocycles. The van der Waals surface area contributed by atoms with Gasteiger partial charge >= 0.3 is 13.6 Å². The Balaban J connectivity index is 1.76. The number of benzene rings is 2. The van der Waals surface area contributed by atoms with Crippen molar-refractivity contribution in [2.24, 2.45) is 0 Å². The maximum Gasteiger partial charge on any atom is 0.337 e. The average Bonchev–Trinajstić information content (AvgIpc) is 3.24. The van der Waals surface area contributed by atoms with E-state index in [1.807, 2.05) is 0 Å². The van der Waals surface area contributed by atoms with Crippen molar-refractivity contribution in [1.82, 2.24) is 0 Å². The lowest BCUT2D eigenvalue weighted by molar-refractivity contribution is 0.0698. The summed E-state index contributed by atoms with van der Waals surface area (Å²) >= 11 is 4.16. The third-order valence-electron chi connectivity index (χ3n) is 5.08. The molecular formula is C24H26BrN2O8PS2. The largest absolute Gasteiger partial charge is 0.478 e. The van der Waals surface area contributed by atoms with E-state index in [4.69, 9.17) is 9.05 Å². The quantitative estimate of drug-likeness (QED) is 0.194. The lowest BCUT2D eigenvalue weighted by Gasteiger charge is -2.17. The molecule has 1 amide bonds. The van der Waals surface area contributed by atoms with Crippen molar-refractivity contribution >= 4 is 68.1 Å². The first-order valence-electron chi connectivity index (χ1n) is 11.3. The Morgan fingerprint density at radius 1 is 1.05 bits per heavy atom. The maximum absolute atomic E-state index is 13.1. The van der Waals surface area contributed by atoms with E-state index in [9.17, 15) is 27.7 Å². The number of sulfonamides is 1. The van der Waals surface area contributed by atoms with E-state index in [-0.39, 0.29) is 46.1 Å². The molecule has 10 nitrogen and oxygen atoms in total. The van der Waals surface area contributed by atoms with Crippen LogP contribution in [0.5, 0.6) is 0 Å². The summed E-state index contributed by atoms with van der Waals surface area (Å²) in [7, 11) is -7.35. The normalized spacial score (nSPS) is 11.8. The predicted molar refractivity (Wildman–Crippen MR) is 150 cm³/mol. The fourth-order valence-corrected chi connectivity index (χ4v) is 8.07. The van der Waals surface area contributed by atoms with E-state index >= 15 is 0 Å². The Kier molecular flexibility index (Phi) is 9.91. The smallest absolute Gasteiger partial charge is 0.337 e. The Morgan fingerprint density at radius 2 is 1.68 bits per heavy atom. The van der Waals surface area contributed by atoms with E-state index in [2.05, 4.69) is 26.0 Å². The van der Waals surface area contributed by atoms with E-state index < -0.39 is 29.5 Å². The zero-order chi connectivity index (χ0) is 28.1. The number of halogens is 1. The number of amides is 1. The average molecular weight is 645 g/mol. The summed E-state index contributed by atoms with van der Waals surface area (Å²) in [6, 6.07) is 11.9. The summed E-state index contributed by atoms with van der Waals surface area (Å²) in [6.07, 6.45) is 0.0474. The molecule has 3 aromatic rings. The van der Waals surface area contributed by atoms with Gasteiger partial charge in [0, 0.05) is 15.0 Å². The van der Waals surface area contributed by atoms with Crippen LogP contribution in [0.15, 0.2) is 57.9 Å². The Bertz CT molecular complexity index is 1480. The molecule has 0 saturated heterocycles. The van der Waals surface area contributed by atoms with Crippen molar-refractivity contribution < 1.29 is 36.7 Å². The minimum atomic E-state index is -4.05. The third-order valence-corrected chi connectivity index (χ3v) is 10.3. The summed E-state index contributed by atoms with van der Waals surface area (Å²) in [4.78, 5) is 24.7. The summed E-state index contributed by atoms with van der Waals surface area (Å²) < 4.78 is 52.5. The highest BCUT2D eigenvalue weighted by Gasteiger charge is 2.25. The first-order chi connectivity index (χ1) is 17.9. The molecule has 0 bridgehead atoms. The molecule has 0 aliphatic heterocycles. The van der Waals surface area contributed by atoms with Crippen LogP contribution in [-0.4, -0.2) is 38.6 Å². The predicted octanol–water partition coefficient (Wildman–Crippen LogP) is 6.34. The molecule has 0 fully saturated rings. The summed E-state index contributed by atoms with van der Waals surface area (Å²) in [6.45, 7) is 5.48. The summed E-state index contributed by atoms with van der Waals surface area (Å²) in [5, 5.41) is 11.9. The van der Waals surface area contributed by atoms with Crippen LogP contribution in [0.3, 0.4) is 0 Å². The fourth-order valence-electron chi connectivity index (χ4n) is 3.46. The highest BCUT2D eigenvalue weighted by molar-refractivity contribution is 9.10. The van der Waals surface area contributed by atoms with Crippen molar-refractivity contribution in [3.8, 4) is 0 Å². The molecule has 38 heavy (non-hydrogen) atoms. The maximum atomic E-state index is 13.1. The van der Waals surface area contributed by atoms with Crippen LogP contribution in [0.25, 0.3) is 0 Å². The van der Waals surface area contributed by atoms with Crippen LogP contribution < -0.4 is 10.0 Å². The molecule has 1 heterocycles. The van der Waals surface area contributed by atoms with Gasteiger partial charge in [0.15, 0.2) is 0 Å². The van der Waals surface area contributed by atoms with Gasteiger partial charge in [-0.15, -0.1) is 11.3 Å². The van der Waals surface area contributed by atoms with E-state index in [0.717, 1.165) is 11.3 Å². The van der Waals surface area contributed by atoms with Crippen molar-refractivity contribution in [3.05, 3.63) is 73.9 Å². The lowest BCUT2D eigenvalue weighted by atomic mass is 10.2. The van der Waals surface area contributed by atoms with Gasteiger partial charge in [-0.25, -0.2) is 13.2 Å². The molecule has 204 valence electrons. The topological polar surface area (TPSA) is 148 Å². The molecule has 3 rings (SSSR count). The number of carbonyl (C=O) groups excluding carboxylic acids is 1. The van der Waals surface area contributed by atoms with Crippen LogP contribution in [-0.2, 0) is 29.8 Å². The minimum Gasteiger partial charge on any atom is -0.478 e. The van der Waals surface area contributed by atoms with Gasteiger partial charge in [-0.3, -0.25) is 14.1 Å². The van der Waals surface area contributed by atoms with Gasteiger partial charge < -0.3 is 19.5 Å². The van der Waals surface area contributed by atoms with E-state index in [1.54, 1.807) is 39.0 Å². The highest BCUT2D eigenvalue weighted by Crippen LogP contribution is 2.51. The number of carboxylic acid groups (broad SMARTS) is 1. The number of rotatable bonds is 12. The summed E-state index contributed by atoms with van der Waals surface area (Å²) in [5.74, 6) is -1.86. The van der Waals surface area contributed by atoms with Gasteiger partial charge in [0.2, 0.25) is 0 Å². The number of carboxylic acids is 1. The van der Waals surface area contributed by atoms with Crippen LogP contribution in [0.2, 0.25) is 0 Å². The van der Waals surface area contributed by atoms with Gasteiger partial charge in [-0.2, -0.15) is 0 Å². The van der Waals surface area contributed by atoms with Gasteiger partial charge in [0.25, 0.3) is 15.9 Å². The van der Waals surface area contributed by atoms with Gasteiger partial charge in [-0.1, -0.05) is 28.1 Å². The minimum absolute atomic E-state index is 0.0474. The van der Waals surface area contributed by atoms with Crippen molar-refractivity contribution in [2.45, 2.75) is 31.8 Å². The molecule has 0 spiro atoms. The number of hydrogen-bond acceptors (Lipinski definition) is 8. The molecule has 0 unspecified atom stereocenters. The van der Waals surface area contributed by atoms with Crippen LogP contribution in [0.4, 0.5) is 11.4 Å². The number of hydrogen-bond donors (Lipinski definition) is 3. The molecule has 0 atom stereocenters. The molecular weight excluding hydrogens is 619 g/mol. The Hall–Kier alpha value is -2.54. The van der Waals surface area contributed by atoms with Crippen molar-refractivity contribution in [2.75, 3.05) is 23.3 Å². The zero-order valence-electron chi connectivity index (χ0n) is 20.7. The van der Waals surface area contributed by atoms with Crippen molar-refractivity contribution in [3.63, 3.8) is 0 Å². The number of carbonyl (C=O) groups is 2. The number of thiophene rings is 1. The molecule has 0 aliphatic carbocycles. The number of aromatic carboxylic acids is 1. The molecule has 14 heteroatoms. The van der Waals surface area contributed by atoms with Gasteiger partial charge in [0.05, 0.1) is 35.5 Å². The monoisotopic (exact) mass is 644 g/mol. The Labute approximate surface area is 233 Å². The third kappa shape index (κ3) is 7.52. The first kappa shape index (κ1) is 30.0. The number of nitrogens with one attached hydrogen (secondary N) is 2. The van der Waals surface area contributed by atoms with E-state index in [1.165, 1.54) is 30.3 Å². The second kappa shape index (κ2) is 12.5. The molecule has 0 aliphatic rings. The fraction of sp³-hybridized carbons (Fsp3) is 0.250. The first-order valence-corrected chi connectivity index (χ1v) is 16.1. The molecule has 3 N–H and O–H groups in total. The van der Waals surface area contributed by atoms with Crippen molar-refractivity contribution in [1.29, 1.82) is 0 Å². The second-order valence-corrected chi connectivity index (χ2v) is 13.8. The van der Waals surface area contributed by atoms with Crippen LogP contribution in [0, 0.1) is 6.92 Å². The second-order valence-electron chi connectivity index (χ2n) is 7.89. The zero-order valence-corrected chi connectivity index (χ0v) is 24.8. The molecule has 1 aromatic heterocycles.